The van der Waals surface area contributed by atoms with Gasteiger partial charge in [0.2, 0.25) is 0 Å². The van der Waals surface area contributed by atoms with Crippen LogP contribution in [0.25, 0.3) is 0 Å². The van der Waals surface area contributed by atoms with Gasteiger partial charge in [0.25, 0.3) is 0 Å². The average Bonchev–Trinajstić information content (AvgIpc) is 3.14. The van der Waals surface area contributed by atoms with Crippen molar-refractivity contribution in [2.45, 2.75) is 119 Å². The first-order valence-corrected chi connectivity index (χ1v) is 15.2. The number of hydrogen-bond acceptors (Lipinski definition) is 3. The van der Waals surface area contributed by atoms with Crippen molar-refractivity contribution >= 4 is 11.8 Å². The zero-order valence-corrected chi connectivity index (χ0v) is 24.7. The molecule has 9 unspecified atom stereocenters. The number of ketones is 1. The maximum Gasteiger partial charge on any atom is 0.330 e. The van der Waals surface area contributed by atoms with Crippen molar-refractivity contribution in [3.8, 4) is 0 Å². The minimum absolute atomic E-state index is 0.156. The molecule has 2 N–H and O–H groups in total. The van der Waals surface area contributed by atoms with Crippen LogP contribution in [0.4, 0.5) is 0 Å². The first-order chi connectivity index (χ1) is 17.4. The SMILES string of the molecule is C/C(=C\C12CCC3C(CCC4C3(C)CCC3C(C)C(O)CCC34C)C1=C(C(C)C)C(=O)C2)C(=O)O.CC. The zero-order valence-electron chi connectivity index (χ0n) is 24.7. The van der Waals surface area contributed by atoms with E-state index in [1.54, 1.807) is 6.92 Å². The Morgan fingerprint density at radius 2 is 1.57 bits per heavy atom. The van der Waals surface area contributed by atoms with Crippen molar-refractivity contribution in [1.29, 1.82) is 0 Å². The highest BCUT2D eigenvalue weighted by Gasteiger charge is 2.64. The third-order valence-electron chi connectivity index (χ3n) is 12.0. The lowest BCUT2D eigenvalue weighted by molar-refractivity contribution is -0.177. The van der Waals surface area contributed by atoms with Crippen LogP contribution in [0.1, 0.15) is 113 Å². The van der Waals surface area contributed by atoms with Crippen molar-refractivity contribution in [2.24, 2.45) is 51.8 Å². The number of carbonyl (C=O) groups is 2. The summed E-state index contributed by atoms with van der Waals surface area (Å²) in [7, 11) is 0. The maximum atomic E-state index is 13.4. The second-order valence-electron chi connectivity index (χ2n) is 13.9. The molecule has 0 spiro atoms. The number of Topliss-reactive ketones (excluding diaryl/α,β-unsaturated/α-hetero) is 1. The molecule has 5 aliphatic carbocycles. The normalized spacial score (nSPS) is 45.4. The lowest BCUT2D eigenvalue weighted by Gasteiger charge is -2.67. The molecule has 5 aliphatic rings. The van der Waals surface area contributed by atoms with Crippen LogP contribution in [0, 0.1) is 51.8 Å². The van der Waals surface area contributed by atoms with E-state index in [-0.39, 0.29) is 28.6 Å². The highest BCUT2D eigenvalue weighted by Crippen LogP contribution is 2.71. The molecular weight excluding hydrogens is 460 g/mol. The molecule has 0 aromatic heterocycles. The van der Waals surface area contributed by atoms with Crippen LogP contribution >= 0.6 is 0 Å². The highest BCUT2D eigenvalue weighted by atomic mass is 16.4. The topological polar surface area (TPSA) is 74.6 Å². The second-order valence-corrected chi connectivity index (χ2v) is 13.9. The maximum absolute atomic E-state index is 13.4. The van der Waals surface area contributed by atoms with Gasteiger partial charge in [0.05, 0.1) is 6.10 Å². The predicted octanol–water partition coefficient (Wildman–Crippen LogP) is 7.60. The van der Waals surface area contributed by atoms with Gasteiger partial charge in [0, 0.05) is 17.4 Å². The summed E-state index contributed by atoms with van der Waals surface area (Å²) in [5.41, 5.74) is 2.86. The number of aliphatic hydroxyl groups is 1. The van der Waals surface area contributed by atoms with Crippen molar-refractivity contribution in [3.05, 3.63) is 22.8 Å². The molecule has 9 atom stereocenters. The minimum atomic E-state index is -0.873. The third kappa shape index (κ3) is 4.19. The van der Waals surface area contributed by atoms with Crippen molar-refractivity contribution in [2.75, 3.05) is 0 Å². The molecule has 0 aromatic carbocycles. The van der Waals surface area contributed by atoms with E-state index in [0.717, 1.165) is 37.7 Å². The van der Waals surface area contributed by atoms with Gasteiger partial charge in [0.15, 0.2) is 5.78 Å². The van der Waals surface area contributed by atoms with Gasteiger partial charge < -0.3 is 10.2 Å². The summed E-state index contributed by atoms with van der Waals surface area (Å²) < 4.78 is 0. The molecule has 0 aromatic rings. The Bertz CT molecular complexity index is 990. The van der Waals surface area contributed by atoms with E-state index in [0.29, 0.717) is 41.6 Å². The largest absolute Gasteiger partial charge is 0.478 e. The van der Waals surface area contributed by atoms with Crippen LogP contribution < -0.4 is 0 Å². The molecule has 4 heteroatoms. The zero-order chi connectivity index (χ0) is 27.5. The Balaban J connectivity index is 0.00000156. The Hall–Kier alpha value is -1.42. The van der Waals surface area contributed by atoms with E-state index >= 15 is 0 Å². The number of fused-ring (bicyclic) bond motifs is 7. The number of hydrogen-bond donors (Lipinski definition) is 2. The third-order valence-corrected chi connectivity index (χ3v) is 12.0. The Morgan fingerprint density at radius 3 is 2.19 bits per heavy atom. The van der Waals surface area contributed by atoms with Crippen LogP contribution in [0.15, 0.2) is 22.8 Å². The van der Waals surface area contributed by atoms with Gasteiger partial charge in [-0.1, -0.05) is 54.5 Å². The predicted molar refractivity (Wildman–Crippen MR) is 149 cm³/mol. The Labute approximate surface area is 225 Å². The molecule has 208 valence electrons. The molecule has 0 aliphatic heterocycles. The molecule has 4 saturated carbocycles. The van der Waals surface area contributed by atoms with Gasteiger partial charge in [-0.3, -0.25) is 4.79 Å². The van der Waals surface area contributed by atoms with Crippen LogP contribution in [0.3, 0.4) is 0 Å². The quantitative estimate of drug-likeness (QED) is 0.382. The number of carboxylic acid groups (broad SMARTS) is 1. The second kappa shape index (κ2) is 9.96. The number of carbonyl (C=O) groups excluding carboxylic acids is 1. The van der Waals surface area contributed by atoms with Crippen LogP contribution in [0.2, 0.25) is 0 Å². The van der Waals surface area contributed by atoms with Gasteiger partial charge >= 0.3 is 5.97 Å². The van der Waals surface area contributed by atoms with Gasteiger partial charge in [0.1, 0.15) is 0 Å². The van der Waals surface area contributed by atoms with Crippen molar-refractivity contribution < 1.29 is 19.8 Å². The van der Waals surface area contributed by atoms with E-state index in [9.17, 15) is 19.8 Å². The highest BCUT2D eigenvalue weighted by molar-refractivity contribution is 6.01. The molecule has 4 nitrogen and oxygen atoms in total. The smallest absolute Gasteiger partial charge is 0.330 e. The summed E-state index contributed by atoms with van der Waals surface area (Å²) in [4.78, 5) is 25.2. The fourth-order valence-corrected chi connectivity index (χ4v) is 10.6. The number of rotatable bonds is 3. The van der Waals surface area contributed by atoms with Gasteiger partial charge in [-0.25, -0.2) is 4.79 Å². The fraction of sp³-hybridized carbons (Fsp3) is 0.818. The van der Waals surface area contributed by atoms with Gasteiger partial charge in [-0.05, 0) is 116 Å². The average molecular weight is 513 g/mol. The van der Waals surface area contributed by atoms with E-state index in [2.05, 4.69) is 34.6 Å². The monoisotopic (exact) mass is 512 g/mol. The molecule has 0 saturated heterocycles. The molecule has 0 heterocycles. The molecule has 37 heavy (non-hydrogen) atoms. The van der Waals surface area contributed by atoms with Crippen LogP contribution in [0.5, 0.6) is 0 Å². The van der Waals surface area contributed by atoms with E-state index in [1.165, 1.54) is 24.8 Å². The summed E-state index contributed by atoms with van der Waals surface area (Å²) >= 11 is 0. The molecule has 5 rings (SSSR count). The first-order valence-electron chi connectivity index (χ1n) is 15.2. The summed E-state index contributed by atoms with van der Waals surface area (Å²) in [6.45, 7) is 17.3. The summed E-state index contributed by atoms with van der Waals surface area (Å²) in [5.74, 6) is 2.14. The number of allylic oxidation sites excluding steroid dienone is 3. The Morgan fingerprint density at radius 1 is 0.973 bits per heavy atom. The molecule has 4 fully saturated rings. The van der Waals surface area contributed by atoms with Crippen LogP contribution in [-0.4, -0.2) is 28.1 Å². The molecule has 0 amide bonds. The van der Waals surface area contributed by atoms with Gasteiger partial charge in [-0.2, -0.15) is 0 Å². The first kappa shape index (κ1) is 28.6. The standard InChI is InChI=1S/C31H46O4.C2H6/c1-17(2)26-24(33)16-31(15-18(3)28(34)35)14-10-22-20(27(26)31)7-8-25-29(5)13-11-23(32)19(4)21(29)9-12-30(22,25)6;1-2/h15,17,19-23,25,32H,7-14,16H2,1-6H3,(H,34,35);1-2H3/b18-15+;. The molecule has 0 bridgehead atoms. The van der Waals surface area contributed by atoms with Crippen molar-refractivity contribution in [3.63, 3.8) is 0 Å². The molecule has 0 radical (unpaired) electrons. The molecular formula is C33H52O4. The Kier molecular flexibility index (Phi) is 7.69. The number of aliphatic hydroxyl groups excluding tert-OH is 1. The fourth-order valence-electron chi connectivity index (χ4n) is 10.6. The van der Waals surface area contributed by atoms with E-state index in [4.69, 9.17) is 0 Å². The number of carboxylic acids is 1. The van der Waals surface area contributed by atoms with Gasteiger partial charge in [-0.15, -0.1) is 0 Å². The minimum Gasteiger partial charge on any atom is -0.478 e. The van der Waals surface area contributed by atoms with Crippen molar-refractivity contribution in [1.82, 2.24) is 0 Å². The summed E-state index contributed by atoms with van der Waals surface area (Å²) in [6, 6.07) is 0. The van der Waals surface area contributed by atoms with E-state index < -0.39 is 11.4 Å². The van der Waals surface area contributed by atoms with E-state index in [1.807, 2.05) is 19.9 Å². The lowest BCUT2D eigenvalue weighted by Crippen LogP contribution is -2.60. The lowest BCUT2D eigenvalue weighted by atomic mass is 9.38. The summed E-state index contributed by atoms with van der Waals surface area (Å²) in [5, 5.41) is 20.3. The number of aliphatic carboxylic acids is 1. The van der Waals surface area contributed by atoms with Crippen LogP contribution in [-0.2, 0) is 9.59 Å². The summed E-state index contributed by atoms with van der Waals surface area (Å²) in [6.07, 6.45) is 11.0.